The van der Waals surface area contributed by atoms with Crippen LogP contribution in [-0.2, 0) is 6.42 Å². The molecule has 1 unspecified atom stereocenters. The van der Waals surface area contributed by atoms with E-state index in [9.17, 15) is 18.4 Å². The van der Waals surface area contributed by atoms with Gasteiger partial charge in [0.25, 0.3) is 5.91 Å². The summed E-state index contributed by atoms with van der Waals surface area (Å²) < 4.78 is 27.3. The largest absolute Gasteiger partial charge is 0.352 e. The lowest BCUT2D eigenvalue weighted by Crippen LogP contribution is -2.37. The van der Waals surface area contributed by atoms with Gasteiger partial charge in [-0.1, -0.05) is 6.07 Å². The summed E-state index contributed by atoms with van der Waals surface area (Å²) in [6.45, 7) is 4.01. The number of amides is 3. The molecule has 0 fully saturated rings. The summed E-state index contributed by atoms with van der Waals surface area (Å²) in [5.74, 6) is -1.47. The molecule has 1 atom stereocenters. The molecule has 0 spiro atoms. The zero-order valence-electron chi connectivity index (χ0n) is 14.6. The maximum atomic E-state index is 13.7. The second kappa shape index (κ2) is 8.94. The van der Waals surface area contributed by atoms with Crippen molar-refractivity contribution in [2.24, 2.45) is 0 Å². The first-order valence-corrected chi connectivity index (χ1v) is 8.29. The molecule has 0 bridgehead atoms. The number of hydrogen-bond acceptors (Lipinski definition) is 2. The molecule has 3 amide bonds. The molecule has 138 valence electrons. The molecule has 0 aliphatic carbocycles. The van der Waals surface area contributed by atoms with E-state index in [1.165, 1.54) is 18.2 Å². The topological polar surface area (TPSA) is 70.2 Å². The minimum atomic E-state index is -0.639. The minimum absolute atomic E-state index is 0.0298. The number of benzene rings is 2. The Labute approximate surface area is 150 Å². The van der Waals surface area contributed by atoms with Crippen LogP contribution in [0.3, 0.4) is 0 Å². The Balaban J connectivity index is 1.91. The van der Waals surface area contributed by atoms with Gasteiger partial charge in [-0.2, -0.15) is 0 Å². The van der Waals surface area contributed by atoms with Crippen molar-refractivity contribution in [3.63, 3.8) is 0 Å². The molecule has 2 rings (SSSR count). The van der Waals surface area contributed by atoms with Crippen LogP contribution in [0.5, 0.6) is 0 Å². The summed E-state index contributed by atoms with van der Waals surface area (Å²) in [5, 5.41) is 7.92. The van der Waals surface area contributed by atoms with Crippen molar-refractivity contribution in [1.82, 2.24) is 10.6 Å². The molecule has 0 heterocycles. The number of carbonyl (C=O) groups excluding carboxylic acids is 2. The fraction of sp³-hybridized carbons (Fsp3) is 0.263. The van der Waals surface area contributed by atoms with E-state index < -0.39 is 23.7 Å². The van der Waals surface area contributed by atoms with Gasteiger partial charge in [0.15, 0.2) is 0 Å². The molecule has 0 aliphatic rings. The molecule has 0 saturated heterocycles. The van der Waals surface area contributed by atoms with E-state index in [2.05, 4.69) is 16.0 Å². The lowest BCUT2D eigenvalue weighted by atomic mass is 10.1. The summed E-state index contributed by atoms with van der Waals surface area (Å²) in [4.78, 5) is 23.7. The van der Waals surface area contributed by atoms with Gasteiger partial charge in [-0.05, 0) is 56.7 Å². The average Bonchev–Trinajstić information content (AvgIpc) is 2.59. The van der Waals surface area contributed by atoms with Crippen LogP contribution in [0.4, 0.5) is 19.3 Å². The molecule has 5 nitrogen and oxygen atoms in total. The Morgan fingerprint density at radius 3 is 2.23 bits per heavy atom. The molecule has 0 saturated carbocycles. The van der Waals surface area contributed by atoms with E-state index in [4.69, 9.17) is 0 Å². The van der Waals surface area contributed by atoms with Crippen molar-refractivity contribution in [2.75, 3.05) is 11.9 Å². The number of hydrogen-bond donors (Lipinski definition) is 3. The molecule has 3 N–H and O–H groups in total. The SMILES string of the molecule is CCNC(=O)c1ccc(NC(=O)NC(C)Cc2c(F)cccc2F)cc1. The lowest BCUT2D eigenvalue weighted by molar-refractivity contribution is 0.0956. The highest BCUT2D eigenvalue weighted by atomic mass is 19.1. The van der Waals surface area contributed by atoms with Gasteiger partial charge >= 0.3 is 6.03 Å². The predicted molar refractivity (Wildman–Crippen MR) is 96.1 cm³/mol. The van der Waals surface area contributed by atoms with Crippen LogP contribution in [0.15, 0.2) is 42.5 Å². The zero-order chi connectivity index (χ0) is 19.1. The van der Waals surface area contributed by atoms with Crippen LogP contribution < -0.4 is 16.0 Å². The van der Waals surface area contributed by atoms with Crippen LogP contribution in [0.1, 0.15) is 29.8 Å². The third-order valence-electron chi connectivity index (χ3n) is 3.69. The highest BCUT2D eigenvalue weighted by Crippen LogP contribution is 2.14. The van der Waals surface area contributed by atoms with Crippen molar-refractivity contribution in [3.05, 3.63) is 65.2 Å². The molecule has 2 aromatic rings. The third kappa shape index (κ3) is 5.27. The quantitative estimate of drug-likeness (QED) is 0.737. The van der Waals surface area contributed by atoms with E-state index >= 15 is 0 Å². The summed E-state index contributed by atoms with van der Waals surface area (Å²) in [6, 6.07) is 9.08. The standard InChI is InChI=1S/C19H21F2N3O2/c1-3-22-18(25)13-7-9-14(10-8-13)24-19(26)23-12(2)11-15-16(20)5-4-6-17(15)21/h4-10,12H,3,11H2,1-2H3,(H,22,25)(H2,23,24,26). The summed E-state index contributed by atoms with van der Waals surface area (Å²) in [6.07, 6.45) is 0.0298. The summed E-state index contributed by atoms with van der Waals surface area (Å²) >= 11 is 0. The Kier molecular flexibility index (Phi) is 6.66. The van der Waals surface area contributed by atoms with Crippen molar-refractivity contribution in [3.8, 4) is 0 Å². The maximum absolute atomic E-state index is 13.7. The van der Waals surface area contributed by atoms with Gasteiger partial charge in [-0.3, -0.25) is 4.79 Å². The third-order valence-corrected chi connectivity index (χ3v) is 3.69. The van der Waals surface area contributed by atoms with E-state index in [1.807, 2.05) is 6.92 Å². The van der Waals surface area contributed by atoms with Gasteiger partial charge in [-0.15, -0.1) is 0 Å². The van der Waals surface area contributed by atoms with Crippen molar-refractivity contribution < 1.29 is 18.4 Å². The van der Waals surface area contributed by atoms with E-state index in [0.29, 0.717) is 17.8 Å². The smallest absolute Gasteiger partial charge is 0.319 e. The van der Waals surface area contributed by atoms with E-state index in [0.717, 1.165) is 0 Å². The van der Waals surface area contributed by atoms with Gasteiger partial charge in [0, 0.05) is 29.4 Å². The Morgan fingerprint density at radius 2 is 1.65 bits per heavy atom. The fourth-order valence-electron chi connectivity index (χ4n) is 2.44. The van der Waals surface area contributed by atoms with Crippen LogP contribution in [-0.4, -0.2) is 24.5 Å². The second-order valence-corrected chi connectivity index (χ2v) is 5.84. The first kappa shape index (κ1) is 19.4. The Hall–Kier alpha value is -2.96. The molecule has 2 aromatic carbocycles. The molecular weight excluding hydrogens is 340 g/mol. The normalized spacial score (nSPS) is 11.5. The van der Waals surface area contributed by atoms with Crippen molar-refractivity contribution >= 4 is 17.6 Å². The second-order valence-electron chi connectivity index (χ2n) is 5.84. The average molecular weight is 361 g/mol. The van der Waals surface area contributed by atoms with Gasteiger partial charge in [0.2, 0.25) is 0 Å². The predicted octanol–water partition coefficient (Wildman–Crippen LogP) is 3.47. The first-order chi connectivity index (χ1) is 12.4. The number of nitrogens with one attached hydrogen (secondary N) is 3. The van der Waals surface area contributed by atoms with Gasteiger partial charge in [-0.25, -0.2) is 13.6 Å². The fourth-order valence-corrected chi connectivity index (χ4v) is 2.44. The van der Waals surface area contributed by atoms with Crippen LogP contribution in [0, 0.1) is 11.6 Å². The van der Waals surface area contributed by atoms with Gasteiger partial charge in [0.1, 0.15) is 11.6 Å². The van der Waals surface area contributed by atoms with E-state index in [-0.39, 0.29) is 17.9 Å². The van der Waals surface area contributed by atoms with E-state index in [1.54, 1.807) is 31.2 Å². The number of anilines is 1. The van der Waals surface area contributed by atoms with Crippen molar-refractivity contribution in [1.29, 1.82) is 0 Å². The van der Waals surface area contributed by atoms with Crippen LogP contribution in [0.2, 0.25) is 0 Å². The van der Waals surface area contributed by atoms with Crippen LogP contribution in [0.25, 0.3) is 0 Å². The number of halogens is 2. The summed E-state index contributed by atoms with van der Waals surface area (Å²) in [5.41, 5.74) is 0.924. The molecular formula is C19H21F2N3O2. The Morgan fingerprint density at radius 1 is 1.04 bits per heavy atom. The van der Waals surface area contributed by atoms with Gasteiger partial charge in [0.05, 0.1) is 0 Å². The number of rotatable bonds is 6. The summed E-state index contributed by atoms with van der Waals surface area (Å²) in [7, 11) is 0. The van der Waals surface area contributed by atoms with Gasteiger partial charge < -0.3 is 16.0 Å². The monoisotopic (exact) mass is 361 g/mol. The molecule has 26 heavy (non-hydrogen) atoms. The molecule has 7 heteroatoms. The molecule has 0 aromatic heterocycles. The highest BCUT2D eigenvalue weighted by molar-refractivity contribution is 5.95. The lowest BCUT2D eigenvalue weighted by Gasteiger charge is -2.15. The van der Waals surface area contributed by atoms with Crippen LogP contribution >= 0.6 is 0 Å². The molecule has 0 aliphatic heterocycles. The highest BCUT2D eigenvalue weighted by Gasteiger charge is 2.14. The van der Waals surface area contributed by atoms with Crippen molar-refractivity contribution in [2.45, 2.75) is 26.3 Å². The zero-order valence-corrected chi connectivity index (χ0v) is 14.6. The Bertz CT molecular complexity index is 759. The number of carbonyl (C=O) groups is 2. The first-order valence-electron chi connectivity index (χ1n) is 8.29. The minimum Gasteiger partial charge on any atom is -0.352 e. The molecule has 0 radical (unpaired) electrons. The maximum Gasteiger partial charge on any atom is 0.319 e. The number of urea groups is 1.